The van der Waals surface area contributed by atoms with Gasteiger partial charge in [-0.1, -0.05) is 26.7 Å². The van der Waals surface area contributed by atoms with Gasteiger partial charge in [0.05, 0.1) is 0 Å². The van der Waals surface area contributed by atoms with Crippen LogP contribution in [0.1, 0.15) is 68.1 Å². The van der Waals surface area contributed by atoms with Gasteiger partial charge < -0.3 is 4.42 Å². The molecule has 1 rings (SSSR count). The van der Waals surface area contributed by atoms with Gasteiger partial charge in [0.1, 0.15) is 11.5 Å². The van der Waals surface area contributed by atoms with E-state index in [4.69, 9.17) is 4.42 Å². The molecule has 0 atom stereocenters. The second kappa shape index (κ2) is 5.39. The number of rotatable bonds is 5. The Labute approximate surface area is 93.9 Å². The Morgan fingerprint density at radius 2 is 1.47 bits per heavy atom. The van der Waals surface area contributed by atoms with E-state index in [1.165, 1.54) is 42.6 Å². The van der Waals surface area contributed by atoms with Crippen LogP contribution in [0.25, 0.3) is 0 Å². The summed E-state index contributed by atoms with van der Waals surface area (Å²) < 4.78 is 5.91. The largest absolute Gasteiger partial charge is 0.466 e. The molecular formula is C14H24O. The topological polar surface area (TPSA) is 13.1 Å². The summed E-state index contributed by atoms with van der Waals surface area (Å²) in [5, 5.41) is 0. The average molecular weight is 208 g/mol. The van der Waals surface area contributed by atoms with Crippen molar-refractivity contribution in [1.29, 1.82) is 0 Å². The molecule has 1 aromatic rings. The molecule has 0 aliphatic carbocycles. The molecule has 0 aliphatic heterocycles. The van der Waals surface area contributed by atoms with Gasteiger partial charge in [-0.2, -0.15) is 0 Å². The minimum absolute atomic E-state index is 0.632. The Bertz CT molecular complexity index is 303. The Kier molecular flexibility index (Phi) is 4.44. The van der Waals surface area contributed by atoms with E-state index in [1.54, 1.807) is 0 Å². The third-order valence-corrected chi connectivity index (χ3v) is 3.37. The standard InChI is InChI=1S/C14H24O/c1-6-8-13(9-7-2)14-11(4)10(3)12(5)15-14/h13H,6-9H2,1-5H3. The van der Waals surface area contributed by atoms with Crippen LogP contribution in [0.2, 0.25) is 0 Å². The summed E-state index contributed by atoms with van der Waals surface area (Å²) in [6.07, 6.45) is 4.98. The summed E-state index contributed by atoms with van der Waals surface area (Å²) in [6.45, 7) is 10.9. The second-order valence-electron chi connectivity index (χ2n) is 4.55. The molecule has 0 fully saturated rings. The van der Waals surface area contributed by atoms with Gasteiger partial charge in [-0.3, -0.25) is 0 Å². The minimum Gasteiger partial charge on any atom is -0.466 e. The highest BCUT2D eigenvalue weighted by Gasteiger charge is 2.19. The molecule has 1 heteroatoms. The van der Waals surface area contributed by atoms with E-state index in [2.05, 4.69) is 34.6 Å². The molecule has 1 nitrogen and oxygen atoms in total. The number of aryl methyl sites for hydroxylation is 1. The first-order valence-electron chi connectivity index (χ1n) is 6.18. The van der Waals surface area contributed by atoms with Crippen LogP contribution in [0, 0.1) is 20.8 Å². The molecule has 0 unspecified atom stereocenters. The highest BCUT2D eigenvalue weighted by molar-refractivity contribution is 5.32. The molecule has 0 saturated carbocycles. The molecule has 0 bridgehead atoms. The summed E-state index contributed by atoms with van der Waals surface area (Å²) in [6, 6.07) is 0. The molecule has 86 valence electrons. The zero-order valence-electron chi connectivity index (χ0n) is 10.8. The van der Waals surface area contributed by atoms with E-state index in [0.717, 1.165) is 5.76 Å². The van der Waals surface area contributed by atoms with Gasteiger partial charge in [0.25, 0.3) is 0 Å². The molecule has 0 saturated heterocycles. The van der Waals surface area contributed by atoms with Crippen LogP contribution in [0.5, 0.6) is 0 Å². The minimum atomic E-state index is 0.632. The van der Waals surface area contributed by atoms with Crippen molar-refractivity contribution >= 4 is 0 Å². The highest BCUT2D eigenvalue weighted by Crippen LogP contribution is 2.33. The number of hydrogen-bond donors (Lipinski definition) is 0. The van der Waals surface area contributed by atoms with Crippen LogP contribution in [-0.2, 0) is 0 Å². The van der Waals surface area contributed by atoms with Crippen LogP contribution in [0.15, 0.2) is 4.42 Å². The van der Waals surface area contributed by atoms with Crippen molar-refractivity contribution in [3.8, 4) is 0 Å². The van der Waals surface area contributed by atoms with Gasteiger partial charge in [0, 0.05) is 5.92 Å². The molecule has 0 radical (unpaired) electrons. The van der Waals surface area contributed by atoms with Crippen molar-refractivity contribution in [2.24, 2.45) is 0 Å². The fourth-order valence-electron chi connectivity index (χ4n) is 2.26. The fraction of sp³-hybridized carbons (Fsp3) is 0.714. The van der Waals surface area contributed by atoms with E-state index in [9.17, 15) is 0 Å². The van der Waals surface area contributed by atoms with Crippen LogP contribution in [0.3, 0.4) is 0 Å². The summed E-state index contributed by atoms with van der Waals surface area (Å²) in [7, 11) is 0. The van der Waals surface area contributed by atoms with Crippen LogP contribution in [-0.4, -0.2) is 0 Å². The SMILES string of the molecule is CCCC(CCC)c1oc(C)c(C)c1C. The quantitative estimate of drug-likeness (QED) is 0.671. The monoisotopic (exact) mass is 208 g/mol. The van der Waals surface area contributed by atoms with Gasteiger partial charge in [-0.15, -0.1) is 0 Å². The molecule has 0 amide bonds. The predicted octanol–water partition coefficient (Wildman–Crippen LogP) is 4.89. The third kappa shape index (κ3) is 2.64. The van der Waals surface area contributed by atoms with E-state index >= 15 is 0 Å². The molecule has 0 aliphatic rings. The summed E-state index contributed by atoms with van der Waals surface area (Å²) in [4.78, 5) is 0. The smallest absolute Gasteiger partial charge is 0.110 e. The molecule has 15 heavy (non-hydrogen) atoms. The first kappa shape index (κ1) is 12.4. The van der Waals surface area contributed by atoms with E-state index in [1.807, 2.05) is 0 Å². The lowest BCUT2D eigenvalue weighted by molar-refractivity contribution is 0.409. The van der Waals surface area contributed by atoms with E-state index < -0.39 is 0 Å². The zero-order valence-corrected chi connectivity index (χ0v) is 10.8. The lowest BCUT2D eigenvalue weighted by Gasteiger charge is -2.13. The highest BCUT2D eigenvalue weighted by atomic mass is 16.3. The maximum Gasteiger partial charge on any atom is 0.110 e. The van der Waals surface area contributed by atoms with Gasteiger partial charge in [0.2, 0.25) is 0 Å². The molecule has 0 N–H and O–H groups in total. The fourth-order valence-corrected chi connectivity index (χ4v) is 2.26. The maximum atomic E-state index is 5.91. The average Bonchev–Trinajstić information content (AvgIpc) is 2.46. The lowest BCUT2D eigenvalue weighted by Crippen LogP contribution is -1.98. The second-order valence-corrected chi connectivity index (χ2v) is 4.55. The van der Waals surface area contributed by atoms with Crippen LogP contribution in [0.4, 0.5) is 0 Å². The Morgan fingerprint density at radius 3 is 1.80 bits per heavy atom. The predicted molar refractivity (Wildman–Crippen MR) is 65.5 cm³/mol. The van der Waals surface area contributed by atoms with E-state index in [0.29, 0.717) is 5.92 Å². The molecule has 1 heterocycles. The van der Waals surface area contributed by atoms with Gasteiger partial charge >= 0.3 is 0 Å². The van der Waals surface area contributed by atoms with Gasteiger partial charge in [0.15, 0.2) is 0 Å². The summed E-state index contributed by atoms with van der Waals surface area (Å²) in [5.41, 5.74) is 2.71. The molecule has 1 aromatic heterocycles. The Hall–Kier alpha value is -0.720. The van der Waals surface area contributed by atoms with E-state index in [-0.39, 0.29) is 0 Å². The maximum absolute atomic E-state index is 5.91. The normalized spacial score (nSPS) is 11.3. The first-order chi connectivity index (χ1) is 7.11. The molecule has 0 aromatic carbocycles. The van der Waals surface area contributed by atoms with Crippen molar-refractivity contribution in [2.45, 2.75) is 66.2 Å². The summed E-state index contributed by atoms with van der Waals surface area (Å²) >= 11 is 0. The molecular weight excluding hydrogens is 184 g/mol. The van der Waals surface area contributed by atoms with Crippen molar-refractivity contribution in [3.05, 3.63) is 22.6 Å². The Morgan fingerprint density at radius 1 is 0.933 bits per heavy atom. The number of hydrogen-bond acceptors (Lipinski definition) is 1. The molecule has 0 spiro atoms. The summed E-state index contributed by atoms with van der Waals surface area (Å²) in [5.74, 6) is 2.97. The van der Waals surface area contributed by atoms with Crippen LogP contribution >= 0.6 is 0 Å². The van der Waals surface area contributed by atoms with Crippen LogP contribution < -0.4 is 0 Å². The number of furan rings is 1. The first-order valence-corrected chi connectivity index (χ1v) is 6.18. The lowest BCUT2D eigenvalue weighted by atomic mass is 9.93. The van der Waals surface area contributed by atoms with Crippen molar-refractivity contribution in [3.63, 3.8) is 0 Å². The Balaban J connectivity index is 2.94. The zero-order chi connectivity index (χ0) is 11.4. The third-order valence-electron chi connectivity index (χ3n) is 3.37. The van der Waals surface area contributed by atoms with Gasteiger partial charge in [-0.25, -0.2) is 0 Å². The van der Waals surface area contributed by atoms with Crippen molar-refractivity contribution < 1.29 is 4.42 Å². The van der Waals surface area contributed by atoms with Crippen molar-refractivity contribution in [2.75, 3.05) is 0 Å². The van der Waals surface area contributed by atoms with Crippen molar-refractivity contribution in [1.82, 2.24) is 0 Å². The van der Waals surface area contributed by atoms with Gasteiger partial charge in [-0.05, 0) is 44.7 Å².